The van der Waals surface area contributed by atoms with Gasteiger partial charge >= 0.3 is 0 Å². The van der Waals surface area contributed by atoms with E-state index in [-0.39, 0.29) is 10.9 Å². The molecule has 1 fully saturated rings. The van der Waals surface area contributed by atoms with E-state index in [1.807, 2.05) is 0 Å². The van der Waals surface area contributed by atoms with Crippen LogP contribution in [0.3, 0.4) is 0 Å². The number of hydrogen-bond donors (Lipinski definition) is 1. The van der Waals surface area contributed by atoms with Gasteiger partial charge in [0, 0.05) is 23.2 Å². The Bertz CT molecular complexity index is 596. The first-order valence-electron chi connectivity index (χ1n) is 7.39. The minimum absolute atomic E-state index is 0.0997. The Kier molecular flexibility index (Phi) is 5.33. The molecule has 0 aromatic heterocycles. The van der Waals surface area contributed by atoms with Gasteiger partial charge in [0.15, 0.2) is 0 Å². The molecule has 0 unspecified atom stereocenters. The second-order valence-electron chi connectivity index (χ2n) is 5.79. The van der Waals surface area contributed by atoms with Gasteiger partial charge in [0.2, 0.25) is 10.0 Å². The van der Waals surface area contributed by atoms with E-state index in [0.29, 0.717) is 10.2 Å². The van der Waals surface area contributed by atoms with Crippen molar-refractivity contribution in [1.29, 1.82) is 0 Å². The third kappa shape index (κ3) is 3.60. The molecule has 0 saturated heterocycles. The highest BCUT2D eigenvalue weighted by atomic mass is 79.9. The number of hydrogen-bond acceptors (Lipinski definition) is 3. The van der Waals surface area contributed by atoms with Crippen LogP contribution in [0.5, 0.6) is 0 Å². The van der Waals surface area contributed by atoms with Gasteiger partial charge in [-0.05, 0) is 65.7 Å². The first-order valence-corrected chi connectivity index (χ1v) is 9.62. The molecule has 6 heteroatoms. The summed E-state index contributed by atoms with van der Waals surface area (Å²) < 4.78 is 27.6. The lowest BCUT2D eigenvalue weighted by Gasteiger charge is -2.33. The van der Waals surface area contributed by atoms with Crippen LogP contribution in [0.4, 0.5) is 5.69 Å². The molecule has 1 aliphatic carbocycles. The normalized spacial score (nSPS) is 23.4. The first-order chi connectivity index (χ1) is 9.86. The van der Waals surface area contributed by atoms with Gasteiger partial charge in [0.05, 0.1) is 4.90 Å². The van der Waals surface area contributed by atoms with Crippen LogP contribution in [-0.2, 0) is 10.0 Å². The van der Waals surface area contributed by atoms with Crippen LogP contribution in [0.15, 0.2) is 27.6 Å². The fourth-order valence-corrected chi connectivity index (χ4v) is 4.66. The minimum atomic E-state index is -3.47. The zero-order chi connectivity index (χ0) is 15.6. The van der Waals surface area contributed by atoms with E-state index in [1.54, 1.807) is 19.2 Å². The Hall–Kier alpha value is -0.590. The zero-order valence-corrected chi connectivity index (χ0v) is 15.0. The Morgan fingerprint density at radius 2 is 1.90 bits per heavy atom. The Labute approximate surface area is 135 Å². The van der Waals surface area contributed by atoms with Crippen molar-refractivity contribution in [3.63, 3.8) is 0 Å². The van der Waals surface area contributed by atoms with Crippen molar-refractivity contribution in [2.24, 2.45) is 5.92 Å². The summed E-state index contributed by atoms with van der Waals surface area (Å²) in [5.74, 6) is 0.751. The van der Waals surface area contributed by atoms with Gasteiger partial charge in [-0.25, -0.2) is 8.42 Å². The van der Waals surface area contributed by atoms with Crippen LogP contribution >= 0.6 is 15.9 Å². The van der Waals surface area contributed by atoms with Crippen LogP contribution in [0, 0.1) is 5.92 Å². The summed E-state index contributed by atoms with van der Waals surface area (Å²) in [7, 11) is -1.78. The lowest BCUT2D eigenvalue weighted by atomic mass is 9.85. The molecule has 0 radical (unpaired) electrons. The van der Waals surface area contributed by atoms with E-state index in [9.17, 15) is 8.42 Å². The molecule has 0 amide bonds. The largest absolute Gasteiger partial charge is 0.398 e. The summed E-state index contributed by atoms with van der Waals surface area (Å²) in [4.78, 5) is 0.267. The highest BCUT2D eigenvalue weighted by Crippen LogP contribution is 2.32. The van der Waals surface area contributed by atoms with Crippen LogP contribution in [0.2, 0.25) is 0 Å². The van der Waals surface area contributed by atoms with E-state index in [4.69, 9.17) is 5.73 Å². The van der Waals surface area contributed by atoms with Gasteiger partial charge in [-0.15, -0.1) is 0 Å². The third-order valence-corrected chi connectivity index (χ3v) is 7.18. The quantitative estimate of drug-likeness (QED) is 0.818. The van der Waals surface area contributed by atoms with Crippen molar-refractivity contribution in [1.82, 2.24) is 4.31 Å². The number of nitrogen functional groups attached to an aromatic ring is 1. The lowest BCUT2D eigenvalue weighted by Crippen LogP contribution is -2.39. The van der Waals surface area contributed by atoms with Crippen LogP contribution < -0.4 is 5.73 Å². The number of nitrogens with two attached hydrogens (primary N) is 1. The van der Waals surface area contributed by atoms with Crippen molar-refractivity contribution >= 4 is 31.6 Å². The molecule has 0 atom stereocenters. The summed E-state index contributed by atoms with van der Waals surface area (Å²) >= 11 is 3.29. The zero-order valence-electron chi connectivity index (χ0n) is 12.5. The standard InChI is InChI=1S/C15H23BrN2O2S/c1-3-11-4-6-12(7-5-11)18(2)21(19,20)13-8-9-14(16)15(17)10-13/h8-12H,3-7,17H2,1-2H3. The van der Waals surface area contributed by atoms with Crippen molar-refractivity contribution in [3.8, 4) is 0 Å². The topological polar surface area (TPSA) is 63.4 Å². The predicted octanol–water partition coefficient (Wildman–Crippen LogP) is 3.62. The molecule has 4 nitrogen and oxygen atoms in total. The van der Waals surface area contributed by atoms with Crippen molar-refractivity contribution < 1.29 is 8.42 Å². The van der Waals surface area contributed by atoms with E-state index in [2.05, 4.69) is 22.9 Å². The summed E-state index contributed by atoms with van der Waals surface area (Å²) in [6.07, 6.45) is 5.31. The van der Waals surface area contributed by atoms with Crippen molar-refractivity contribution in [3.05, 3.63) is 22.7 Å². The van der Waals surface area contributed by atoms with E-state index in [0.717, 1.165) is 31.6 Å². The molecule has 0 bridgehead atoms. The van der Waals surface area contributed by atoms with E-state index in [1.165, 1.54) is 16.8 Å². The highest BCUT2D eigenvalue weighted by Gasteiger charge is 2.31. The maximum absolute atomic E-state index is 12.7. The molecule has 0 heterocycles. The molecule has 1 saturated carbocycles. The van der Waals surface area contributed by atoms with E-state index >= 15 is 0 Å². The fraction of sp³-hybridized carbons (Fsp3) is 0.600. The number of benzene rings is 1. The Morgan fingerprint density at radius 1 is 1.29 bits per heavy atom. The average molecular weight is 375 g/mol. The Morgan fingerprint density at radius 3 is 2.43 bits per heavy atom. The smallest absolute Gasteiger partial charge is 0.243 e. The molecule has 0 spiro atoms. The molecule has 1 aromatic rings. The van der Waals surface area contributed by atoms with Gasteiger partial charge in [-0.2, -0.15) is 4.31 Å². The average Bonchev–Trinajstić information content (AvgIpc) is 2.49. The molecule has 118 valence electrons. The number of nitrogens with zero attached hydrogens (tertiary/aromatic N) is 1. The molecule has 2 N–H and O–H groups in total. The number of halogens is 1. The summed E-state index contributed by atoms with van der Waals surface area (Å²) in [6.45, 7) is 2.20. The fourth-order valence-electron chi connectivity index (χ4n) is 2.96. The van der Waals surface area contributed by atoms with Gasteiger partial charge in [0.1, 0.15) is 0 Å². The van der Waals surface area contributed by atoms with Gasteiger partial charge in [-0.1, -0.05) is 13.3 Å². The number of rotatable bonds is 4. The van der Waals surface area contributed by atoms with Gasteiger partial charge in [0.25, 0.3) is 0 Å². The number of anilines is 1. The second kappa shape index (κ2) is 6.67. The highest BCUT2D eigenvalue weighted by molar-refractivity contribution is 9.10. The molecule has 0 aliphatic heterocycles. The predicted molar refractivity (Wildman–Crippen MR) is 89.5 cm³/mol. The molecule has 21 heavy (non-hydrogen) atoms. The van der Waals surface area contributed by atoms with E-state index < -0.39 is 10.0 Å². The molecule has 2 rings (SSSR count). The molecule has 1 aliphatic rings. The van der Waals surface area contributed by atoms with Crippen LogP contribution in [0.25, 0.3) is 0 Å². The SMILES string of the molecule is CCC1CCC(N(C)S(=O)(=O)c2ccc(Br)c(N)c2)CC1. The lowest BCUT2D eigenvalue weighted by molar-refractivity contribution is 0.233. The Balaban J connectivity index is 2.17. The summed E-state index contributed by atoms with van der Waals surface area (Å²) in [5, 5.41) is 0. The summed E-state index contributed by atoms with van der Waals surface area (Å²) in [6, 6.07) is 4.91. The second-order valence-corrected chi connectivity index (χ2v) is 8.64. The van der Waals surface area contributed by atoms with Crippen LogP contribution in [-0.4, -0.2) is 25.8 Å². The minimum Gasteiger partial charge on any atom is -0.398 e. The maximum atomic E-state index is 12.7. The van der Waals surface area contributed by atoms with Gasteiger partial charge in [-0.3, -0.25) is 0 Å². The maximum Gasteiger partial charge on any atom is 0.243 e. The molecular formula is C15H23BrN2O2S. The monoisotopic (exact) mass is 374 g/mol. The number of sulfonamides is 1. The van der Waals surface area contributed by atoms with Crippen molar-refractivity contribution in [2.75, 3.05) is 12.8 Å². The van der Waals surface area contributed by atoms with Crippen LogP contribution in [0.1, 0.15) is 39.0 Å². The molecular weight excluding hydrogens is 352 g/mol. The first kappa shape index (κ1) is 16.8. The van der Waals surface area contributed by atoms with Gasteiger partial charge < -0.3 is 5.73 Å². The van der Waals surface area contributed by atoms with Crippen molar-refractivity contribution in [2.45, 2.75) is 50.0 Å². The summed E-state index contributed by atoms with van der Waals surface area (Å²) in [5.41, 5.74) is 6.25. The third-order valence-electron chi connectivity index (χ3n) is 4.55. The molecule has 1 aromatic carbocycles.